The van der Waals surface area contributed by atoms with Crippen LogP contribution in [0.5, 0.6) is 0 Å². The third-order valence-corrected chi connectivity index (χ3v) is 7.75. The molecule has 7 rings (SSSR count). The summed E-state index contributed by atoms with van der Waals surface area (Å²) in [4.78, 5) is 2.15. The smallest absolute Gasteiger partial charge is 0.159 e. The van der Waals surface area contributed by atoms with Crippen LogP contribution in [-0.4, -0.2) is 0 Å². The average Bonchev–Trinajstić information content (AvgIpc) is 3.43. The minimum absolute atomic E-state index is 0.354. The van der Waals surface area contributed by atoms with Crippen molar-refractivity contribution in [3.05, 3.63) is 144 Å². The van der Waals surface area contributed by atoms with E-state index in [-0.39, 0.29) is 5.82 Å². The van der Waals surface area contributed by atoms with Crippen molar-refractivity contribution in [2.75, 3.05) is 4.90 Å². The van der Waals surface area contributed by atoms with Gasteiger partial charge in [0, 0.05) is 16.8 Å². The summed E-state index contributed by atoms with van der Waals surface area (Å²) in [5.41, 5.74) is 8.38. The van der Waals surface area contributed by atoms with Crippen molar-refractivity contribution in [2.45, 2.75) is 12.8 Å². The number of benzene rings is 5. The van der Waals surface area contributed by atoms with E-state index in [0.29, 0.717) is 27.0 Å². The minimum atomic E-state index is -0.354. The molecule has 0 radical (unpaired) electrons. The van der Waals surface area contributed by atoms with Crippen LogP contribution in [0.4, 0.5) is 21.5 Å². The Labute approximate surface area is 237 Å². The van der Waals surface area contributed by atoms with E-state index in [1.165, 1.54) is 23.3 Å². The van der Waals surface area contributed by atoms with Crippen LogP contribution in [0.25, 0.3) is 38.6 Å². The Morgan fingerprint density at radius 2 is 1.35 bits per heavy atom. The number of furan rings is 1. The van der Waals surface area contributed by atoms with Gasteiger partial charge in [-0.2, -0.15) is 0 Å². The number of rotatable bonds is 5. The Kier molecular flexibility index (Phi) is 6.22. The Morgan fingerprint density at radius 3 is 2.05 bits per heavy atom. The first-order valence-electron chi connectivity index (χ1n) is 13.4. The summed E-state index contributed by atoms with van der Waals surface area (Å²) in [7, 11) is 0. The van der Waals surface area contributed by atoms with Gasteiger partial charge in [-0.1, -0.05) is 96.6 Å². The van der Waals surface area contributed by atoms with Gasteiger partial charge in [0.15, 0.2) is 11.2 Å². The quantitative estimate of drug-likeness (QED) is 0.216. The number of para-hydroxylation sites is 1. The predicted octanol–water partition coefficient (Wildman–Crippen LogP) is 11.2. The highest BCUT2D eigenvalue weighted by atomic mass is 35.5. The monoisotopic (exact) mass is 541 g/mol. The lowest BCUT2D eigenvalue weighted by molar-refractivity contribution is 0.634. The van der Waals surface area contributed by atoms with Gasteiger partial charge in [-0.25, -0.2) is 4.39 Å². The van der Waals surface area contributed by atoms with Crippen LogP contribution in [0, 0.1) is 5.82 Å². The minimum Gasteiger partial charge on any atom is -0.452 e. The fourth-order valence-corrected chi connectivity index (χ4v) is 5.68. The molecule has 0 bridgehead atoms. The van der Waals surface area contributed by atoms with E-state index >= 15 is 0 Å². The molecule has 0 saturated carbocycles. The molecule has 0 aliphatic heterocycles. The zero-order valence-corrected chi connectivity index (χ0v) is 22.4. The molecular formula is C36H25ClFNO. The van der Waals surface area contributed by atoms with Crippen molar-refractivity contribution in [1.82, 2.24) is 0 Å². The normalized spacial score (nSPS) is 13.1. The average molecular weight is 542 g/mol. The Balaban J connectivity index is 1.40. The summed E-state index contributed by atoms with van der Waals surface area (Å²) in [5, 5.41) is 1.47. The second-order valence-corrected chi connectivity index (χ2v) is 10.3. The van der Waals surface area contributed by atoms with Crippen molar-refractivity contribution < 1.29 is 8.81 Å². The lowest BCUT2D eigenvalue weighted by Crippen LogP contribution is -2.10. The first kappa shape index (κ1) is 24.4. The highest BCUT2D eigenvalue weighted by Gasteiger charge is 2.22. The van der Waals surface area contributed by atoms with Crippen molar-refractivity contribution in [1.29, 1.82) is 0 Å². The molecule has 0 amide bonds. The topological polar surface area (TPSA) is 16.4 Å². The third-order valence-electron chi connectivity index (χ3n) is 7.45. The van der Waals surface area contributed by atoms with E-state index in [1.54, 1.807) is 0 Å². The fourth-order valence-electron chi connectivity index (χ4n) is 5.48. The van der Waals surface area contributed by atoms with Crippen LogP contribution in [0.3, 0.4) is 0 Å². The van der Waals surface area contributed by atoms with Crippen LogP contribution in [0.2, 0.25) is 5.02 Å². The Bertz CT molecular complexity index is 1900. The Morgan fingerprint density at radius 1 is 0.650 bits per heavy atom. The van der Waals surface area contributed by atoms with Crippen LogP contribution in [-0.2, 0) is 0 Å². The summed E-state index contributed by atoms with van der Waals surface area (Å²) in [6.07, 6.45) is 8.83. The molecule has 1 aliphatic rings. The van der Waals surface area contributed by atoms with Crippen LogP contribution in [0.15, 0.2) is 132 Å². The zero-order chi connectivity index (χ0) is 27.1. The van der Waals surface area contributed by atoms with E-state index < -0.39 is 0 Å². The molecule has 0 unspecified atom stereocenters. The molecule has 6 aromatic rings. The van der Waals surface area contributed by atoms with Gasteiger partial charge < -0.3 is 9.32 Å². The maximum absolute atomic E-state index is 15.0. The van der Waals surface area contributed by atoms with E-state index in [4.69, 9.17) is 16.0 Å². The van der Waals surface area contributed by atoms with Crippen LogP contribution >= 0.6 is 11.6 Å². The standard InChI is InChI=1S/C36H25ClFNO/c37-31-22-23-32(38)34-30-12-7-13-33(35(30)40-36(31)34)39(28-18-14-26(15-19-28)24-8-3-1-4-9-24)29-20-16-27(17-21-29)25-10-5-2-6-11-25/h1,3-5,7-23H,2,6H2. The molecule has 4 heteroatoms. The van der Waals surface area contributed by atoms with Gasteiger partial charge in [0.05, 0.1) is 16.1 Å². The third kappa shape index (κ3) is 4.29. The number of allylic oxidation sites excluding steroid dienone is 4. The van der Waals surface area contributed by atoms with Gasteiger partial charge in [0.1, 0.15) is 5.82 Å². The van der Waals surface area contributed by atoms with Crippen LogP contribution < -0.4 is 4.90 Å². The summed E-state index contributed by atoms with van der Waals surface area (Å²) in [5.74, 6) is -0.354. The number of hydrogen-bond acceptors (Lipinski definition) is 2. The molecular weight excluding hydrogens is 517 g/mol. The Hall–Kier alpha value is -4.60. The fraction of sp³-hybridized carbons (Fsp3) is 0.0556. The lowest BCUT2D eigenvalue weighted by atomic mass is 9.99. The second-order valence-electron chi connectivity index (χ2n) is 9.92. The molecule has 194 valence electrons. The molecule has 1 heterocycles. The summed E-state index contributed by atoms with van der Waals surface area (Å²) in [6.45, 7) is 0. The molecule has 0 saturated heterocycles. The summed E-state index contributed by atoms with van der Waals surface area (Å²) >= 11 is 6.45. The van der Waals surface area contributed by atoms with Crippen LogP contribution in [0.1, 0.15) is 18.4 Å². The zero-order valence-electron chi connectivity index (χ0n) is 21.6. The second kappa shape index (κ2) is 10.2. The van der Waals surface area contributed by atoms with Crippen molar-refractivity contribution in [3.63, 3.8) is 0 Å². The maximum atomic E-state index is 15.0. The molecule has 1 aliphatic carbocycles. The van der Waals surface area contributed by atoms with Crippen molar-refractivity contribution in [3.8, 4) is 11.1 Å². The van der Waals surface area contributed by atoms with Crippen molar-refractivity contribution in [2.24, 2.45) is 0 Å². The van der Waals surface area contributed by atoms with E-state index in [0.717, 1.165) is 41.0 Å². The molecule has 0 N–H and O–H groups in total. The number of nitrogens with zero attached hydrogens (tertiary/aromatic N) is 1. The summed E-state index contributed by atoms with van der Waals surface area (Å²) in [6, 6.07) is 36.1. The highest BCUT2D eigenvalue weighted by molar-refractivity contribution is 6.36. The number of anilines is 3. The molecule has 0 spiro atoms. The van der Waals surface area contributed by atoms with E-state index in [2.05, 4.69) is 83.8 Å². The molecule has 2 nitrogen and oxygen atoms in total. The van der Waals surface area contributed by atoms with Gasteiger partial charge in [-0.3, -0.25) is 0 Å². The number of fused-ring (bicyclic) bond motifs is 3. The molecule has 1 aromatic heterocycles. The highest BCUT2D eigenvalue weighted by Crippen LogP contribution is 2.44. The summed E-state index contributed by atoms with van der Waals surface area (Å²) < 4.78 is 21.3. The molecule has 5 aromatic carbocycles. The first-order valence-corrected chi connectivity index (χ1v) is 13.8. The van der Waals surface area contributed by atoms with E-state index in [1.807, 2.05) is 36.4 Å². The lowest BCUT2D eigenvalue weighted by Gasteiger charge is -2.26. The van der Waals surface area contributed by atoms with Gasteiger partial charge in [-0.15, -0.1) is 0 Å². The van der Waals surface area contributed by atoms with Gasteiger partial charge in [-0.05, 0) is 77.6 Å². The first-order chi connectivity index (χ1) is 19.7. The molecule has 40 heavy (non-hydrogen) atoms. The SMILES string of the molecule is Fc1ccc(Cl)c2oc3c(N(c4ccc(C5=CCCC=C5)cc4)c4ccc(-c5ccccc5)cc4)cccc3c12. The molecule has 0 fully saturated rings. The maximum Gasteiger partial charge on any atom is 0.159 e. The van der Waals surface area contributed by atoms with Gasteiger partial charge >= 0.3 is 0 Å². The largest absolute Gasteiger partial charge is 0.452 e. The predicted molar refractivity (Wildman–Crippen MR) is 165 cm³/mol. The van der Waals surface area contributed by atoms with Crippen molar-refractivity contribution >= 4 is 56.2 Å². The van der Waals surface area contributed by atoms with Gasteiger partial charge in [0.25, 0.3) is 0 Å². The van der Waals surface area contributed by atoms with E-state index in [9.17, 15) is 4.39 Å². The molecule has 0 atom stereocenters. The number of halogens is 2. The number of hydrogen-bond donors (Lipinski definition) is 0. The van der Waals surface area contributed by atoms with Gasteiger partial charge in [0.2, 0.25) is 0 Å².